The Hall–Kier alpha value is -0.900. The fraction of sp³-hybridized carbons (Fsp3) is 0.867. The third kappa shape index (κ3) is 4.94. The molecule has 0 radical (unpaired) electrons. The predicted molar refractivity (Wildman–Crippen MR) is 77.0 cm³/mol. The molecule has 3 atom stereocenters. The zero-order chi connectivity index (χ0) is 14.4. The highest BCUT2D eigenvalue weighted by Crippen LogP contribution is 2.23. The van der Waals surface area contributed by atoms with Gasteiger partial charge in [0.2, 0.25) is 5.91 Å². The largest absolute Gasteiger partial charge is 0.352 e. The zero-order valence-electron chi connectivity index (χ0n) is 12.7. The number of amides is 1. The molecule has 0 aliphatic carbocycles. The normalized spacial score (nSPS) is 23.1. The SMILES string of the molecule is CCCC(C)NC(=O)C(C)N1CCCC1CC(C)=O. The summed E-state index contributed by atoms with van der Waals surface area (Å²) in [4.78, 5) is 25.7. The lowest BCUT2D eigenvalue weighted by Gasteiger charge is -2.30. The molecule has 0 saturated carbocycles. The number of carbonyl (C=O) groups is 2. The first-order valence-corrected chi connectivity index (χ1v) is 7.51. The van der Waals surface area contributed by atoms with Crippen molar-refractivity contribution in [2.24, 2.45) is 0 Å². The second kappa shape index (κ2) is 7.63. The predicted octanol–water partition coefficient (Wildman–Crippen LogP) is 2.12. The highest BCUT2D eigenvalue weighted by Gasteiger charge is 2.32. The average Bonchev–Trinajstić information content (AvgIpc) is 2.75. The van der Waals surface area contributed by atoms with Crippen LogP contribution in [-0.2, 0) is 9.59 Å². The molecule has 0 spiro atoms. The van der Waals surface area contributed by atoms with Crippen LogP contribution in [-0.4, -0.2) is 41.3 Å². The minimum atomic E-state index is -0.133. The maximum absolute atomic E-state index is 12.2. The molecule has 1 aliphatic rings. The molecule has 4 nitrogen and oxygen atoms in total. The molecule has 3 unspecified atom stereocenters. The van der Waals surface area contributed by atoms with E-state index in [-0.39, 0.29) is 29.8 Å². The van der Waals surface area contributed by atoms with Crippen LogP contribution < -0.4 is 5.32 Å². The average molecular weight is 268 g/mol. The summed E-state index contributed by atoms with van der Waals surface area (Å²) in [6, 6.07) is 0.347. The van der Waals surface area contributed by atoms with Crippen molar-refractivity contribution in [3.05, 3.63) is 0 Å². The Bertz CT molecular complexity index is 317. The van der Waals surface area contributed by atoms with Crippen LogP contribution in [0.25, 0.3) is 0 Å². The molecule has 1 aliphatic heterocycles. The van der Waals surface area contributed by atoms with Crippen LogP contribution in [0.4, 0.5) is 0 Å². The molecule has 0 bridgehead atoms. The summed E-state index contributed by atoms with van der Waals surface area (Å²) >= 11 is 0. The number of carbonyl (C=O) groups excluding carboxylic acids is 2. The van der Waals surface area contributed by atoms with Gasteiger partial charge < -0.3 is 5.32 Å². The lowest BCUT2D eigenvalue weighted by atomic mass is 10.1. The molecule has 0 aromatic heterocycles. The lowest BCUT2D eigenvalue weighted by molar-refractivity contribution is -0.128. The van der Waals surface area contributed by atoms with E-state index >= 15 is 0 Å². The van der Waals surface area contributed by atoms with Gasteiger partial charge in [-0.3, -0.25) is 14.5 Å². The van der Waals surface area contributed by atoms with Crippen LogP contribution in [0.15, 0.2) is 0 Å². The first-order valence-electron chi connectivity index (χ1n) is 7.51. The number of nitrogens with zero attached hydrogens (tertiary/aromatic N) is 1. The third-order valence-electron chi connectivity index (χ3n) is 3.93. The van der Waals surface area contributed by atoms with E-state index in [1.807, 2.05) is 13.8 Å². The molecular weight excluding hydrogens is 240 g/mol. The van der Waals surface area contributed by atoms with E-state index in [2.05, 4.69) is 17.1 Å². The van der Waals surface area contributed by atoms with E-state index < -0.39 is 0 Å². The minimum absolute atomic E-state index is 0.0939. The standard InChI is InChI=1S/C15H28N2O2/c1-5-7-11(2)16-15(19)13(4)17-9-6-8-14(17)10-12(3)18/h11,13-14H,5-10H2,1-4H3,(H,16,19). The highest BCUT2D eigenvalue weighted by molar-refractivity contribution is 5.82. The van der Waals surface area contributed by atoms with Gasteiger partial charge in [-0.1, -0.05) is 13.3 Å². The molecule has 1 N–H and O–H groups in total. The number of nitrogens with one attached hydrogen (secondary N) is 1. The number of likely N-dealkylation sites (tertiary alicyclic amines) is 1. The number of ketones is 1. The van der Waals surface area contributed by atoms with Crippen LogP contribution in [0.2, 0.25) is 0 Å². The second-order valence-corrected chi connectivity index (χ2v) is 5.81. The van der Waals surface area contributed by atoms with Crippen molar-refractivity contribution in [3.8, 4) is 0 Å². The smallest absolute Gasteiger partial charge is 0.237 e. The van der Waals surface area contributed by atoms with Crippen LogP contribution >= 0.6 is 0 Å². The van der Waals surface area contributed by atoms with Crippen LogP contribution in [0.1, 0.15) is 59.8 Å². The van der Waals surface area contributed by atoms with Crippen molar-refractivity contribution in [2.45, 2.75) is 77.9 Å². The first kappa shape index (κ1) is 16.2. The highest BCUT2D eigenvalue weighted by atomic mass is 16.2. The fourth-order valence-electron chi connectivity index (χ4n) is 2.94. The monoisotopic (exact) mass is 268 g/mol. The van der Waals surface area contributed by atoms with E-state index in [0.29, 0.717) is 6.42 Å². The van der Waals surface area contributed by atoms with Crippen LogP contribution in [0, 0.1) is 0 Å². The van der Waals surface area contributed by atoms with E-state index in [1.54, 1.807) is 6.92 Å². The molecule has 1 fully saturated rings. The molecule has 0 aromatic rings. The third-order valence-corrected chi connectivity index (χ3v) is 3.93. The summed E-state index contributed by atoms with van der Waals surface area (Å²) in [7, 11) is 0. The Morgan fingerprint density at radius 2 is 2.05 bits per heavy atom. The summed E-state index contributed by atoms with van der Waals surface area (Å²) in [5.74, 6) is 0.306. The van der Waals surface area contributed by atoms with E-state index in [1.165, 1.54) is 0 Å². The summed E-state index contributed by atoms with van der Waals surface area (Å²) < 4.78 is 0. The molecule has 110 valence electrons. The number of rotatable bonds is 7. The summed E-state index contributed by atoms with van der Waals surface area (Å²) in [5, 5.41) is 3.07. The molecule has 1 saturated heterocycles. The van der Waals surface area contributed by atoms with Gasteiger partial charge in [-0.25, -0.2) is 0 Å². The van der Waals surface area contributed by atoms with Gasteiger partial charge in [-0.15, -0.1) is 0 Å². The summed E-state index contributed by atoms with van der Waals surface area (Å²) in [5.41, 5.74) is 0. The molecule has 1 amide bonds. The van der Waals surface area contributed by atoms with Gasteiger partial charge in [0.1, 0.15) is 5.78 Å². The van der Waals surface area contributed by atoms with Gasteiger partial charge in [0, 0.05) is 18.5 Å². The van der Waals surface area contributed by atoms with Gasteiger partial charge in [0.15, 0.2) is 0 Å². The Balaban J connectivity index is 2.52. The van der Waals surface area contributed by atoms with Crippen molar-refractivity contribution >= 4 is 11.7 Å². The van der Waals surface area contributed by atoms with Crippen molar-refractivity contribution in [1.82, 2.24) is 10.2 Å². The van der Waals surface area contributed by atoms with Gasteiger partial charge in [-0.2, -0.15) is 0 Å². The lowest BCUT2D eigenvalue weighted by Crippen LogP contribution is -2.49. The zero-order valence-corrected chi connectivity index (χ0v) is 12.7. The second-order valence-electron chi connectivity index (χ2n) is 5.81. The van der Waals surface area contributed by atoms with Crippen LogP contribution in [0.5, 0.6) is 0 Å². The molecule has 4 heteroatoms. The fourth-order valence-corrected chi connectivity index (χ4v) is 2.94. The minimum Gasteiger partial charge on any atom is -0.352 e. The van der Waals surface area contributed by atoms with Gasteiger partial charge in [0.05, 0.1) is 6.04 Å². The first-order chi connectivity index (χ1) is 8.95. The van der Waals surface area contributed by atoms with Crippen molar-refractivity contribution in [2.75, 3.05) is 6.54 Å². The van der Waals surface area contributed by atoms with Crippen molar-refractivity contribution < 1.29 is 9.59 Å². The maximum Gasteiger partial charge on any atom is 0.237 e. The summed E-state index contributed by atoms with van der Waals surface area (Å²) in [6.07, 6.45) is 4.77. The van der Waals surface area contributed by atoms with Crippen molar-refractivity contribution in [1.29, 1.82) is 0 Å². The Morgan fingerprint density at radius 3 is 2.63 bits per heavy atom. The molecular formula is C15H28N2O2. The number of hydrogen-bond donors (Lipinski definition) is 1. The maximum atomic E-state index is 12.2. The number of Topliss-reactive ketones (excluding diaryl/α,β-unsaturated/α-hetero) is 1. The van der Waals surface area contributed by atoms with Gasteiger partial charge in [-0.05, 0) is 46.6 Å². The van der Waals surface area contributed by atoms with E-state index in [4.69, 9.17) is 0 Å². The Labute approximate surface area is 116 Å². The Kier molecular flexibility index (Phi) is 6.49. The number of hydrogen-bond acceptors (Lipinski definition) is 3. The summed E-state index contributed by atoms with van der Waals surface area (Å²) in [6.45, 7) is 8.67. The van der Waals surface area contributed by atoms with Gasteiger partial charge >= 0.3 is 0 Å². The van der Waals surface area contributed by atoms with E-state index in [9.17, 15) is 9.59 Å². The molecule has 0 aromatic carbocycles. The molecule has 1 rings (SSSR count). The van der Waals surface area contributed by atoms with E-state index in [0.717, 1.165) is 32.2 Å². The topological polar surface area (TPSA) is 49.4 Å². The van der Waals surface area contributed by atoms with Gasteiger partial charge in [0.25, 0.3) is 0 Å². The quantitative estimate of drug-likeness (QED) is 0.769. The molecule has 1 heterocycles. The Morgan fingerprint density at radius 1 is 1.37 bits per heavy atom. The van der Waals surface area contributed by atoms with Crippen molar-refractivity contribution in [3.63, 3.8) is 0 Å². The molecule has 19 heavy (non-hydrogen) atoms. The van der Waals surface area contributed by atoms with Crippen LogP contribution in [0.3, 0.4) is 0 Å².